The zero-order chi connectivity index (χ0) is 66.3. The molecule has 552 valence electrons. The summed E-state index contributed by atoms with van der Waals surface area (Å²) in [5.41, 5.74) is 0. The van der Waals surface area contributed by atoms with Gasteiger partial charge >= 0.3 is 0 Å². The first kappa shape index (κ1) is 91.5. The number of unbranched alkanes of at least 4 members (excludes halogenated alkanes) is 65. The highest BCUT2D eigenvalue weighted by Gasteiger charge is 2.38. The average molecular weight is 1300 g/mol. The van der Waals surface area contributed by atoms with Crippen LogP contribution in [0.5, 0.6) is 0 Å². The molecule has 0 fully saturated rings. The number of carbonyl (C=O) groups is 1. The van der Waals surface area contributed by atoms with Crippen molar-refractivity contribution in [2.45, 2.75) is 508 Å². The van der Waals surface area contributed by atoms with Gasteiger partial charge in [0.05, 0.1) is 6.61 Å². The SMILES string of the molecule is CCCCCCCCCCCCCCCCOC[C@@H](OCCCCCCCCCCCCCCCC)[C@@H](OCCCCCCCCCCCCCCCC)[C@H](OCCCCCCCCCCCCCCCC)[C@H](C=O)OCCCCCCCCCCCCCCCC. The van der Waals surface area contributed by atoms with Crippen LogP contribution in [0.3, 0.4) is 0 Å². The zero-order valence-electron chi connectivity index (χ0n) is 64.1. The first-order chi connectivity index (χ1) is 45.7. The maximum Gasteiger partial charge on any atom is 0.151 e. The van der Waals surface area contributed by atoms with E-state index in [-0.39, 0.29) is 6.10 Å². The third kappa shape index (κ3) is 70.8. The van der Waals surface area contributed by atoms with Gasteiger partial charge in [-0.15, -0.1) is 0 Å². The Kier molecular flexibility index (Phi) is 82.4. The van der Waals surface area contributed by atoms with Crippen LogP contribution in [0.4, 0.5) is 0 Å². The lowest BCUT2D eigenvalue weighted by molar-refractivity contribution is -0.188. The first-order valence-electron chi connectivity index (χ1n) is 43.2. The van der Waals surface area contributed by atoms with Crippen LogP contribution < -0.4 is 0 Å². The molecule has 0 heterocycles. The van der Waals surface area contributed by atoms with E-state index >= 15 is 0 Å². The fourth-order valence-electron chi connectivity index (χ4n) is 13.9. The Morgan fingerprint density at radius 1 is 0.196 bits per heavy atom. The third-order valence-electron chi connectivity index (χ3n) is 20.3. The summed E-state index contributed by atoms with van der Waals surface area (Å²) >= 11 is 0. The van der Waals surface area contributed by atoms with Gasteiger partial charge in [-0.25, -0.2) is 0 Å². The van der Waals surface area contributed by atoms with Gasteiger partial charge < -0.3 is 28.5 Å². The lowest BCUT2D eigenvalue weighted by Crippen LogP contribution is -2.52. The lowest BCUT2D eigenvalue weighted by atomic mass is 10.0. The number of hydrogen-bond acceptors (Lipinski definition) is 6. The van der Waals surface area contributed by atoms with Crippen molar-refractivity contribution in [1.29, 1.82) is 0 Å². The zero-order valence-corrected chi connectivity index (χ0v) is 64.1. The highest BCUT2D eigenvalue weighted by Crippen LogP contribution is 2.24. The van der Waals surface area contributed by atoms with E-state index in [0.717, 1.165) is 57.8 Å². The molecule has 0 saturated carbocycles. The predicted molar refractivity (Wildman–Crippen MR) is 407 cm³/mol. The minimum atomic E-state index is -0.706. The summed E-state index contributed by atoms with van der Waals surface area (Å²) in [4.78, 5) is 13.5. The summed E-state index contributed by atoms with van der Waals surface area (Å²) < 4.78 is 34.6. The molecule has 0 radical (unpaired) electrons. The van der Waals surface area contributed by atoms with E-state index in [9.17, 15) is 4.79 Å². The maximum atomic E-state index is 13.5. The van der Waals surface area contributed by atoms with Crippen molar-refractivity contribution < 1.29 is 28.5 Å². The molecule has 92 heavy (non-hydrogen) atoms. The van der Waals surface area contributed by atoms with Crippen molar-refractivity contribution in [3.8, 4) is 0 Å². The van der Waals surface area contributed by atoms with Crippen molar-refractivity contribution in [1.82, 2.24) is 0 Å². The molecule has 0 aromatic heterocycles. The second-order valence-corrected chi connectivity index (χ2v) is 29.6. The van der Waals surface area contributed by atoms with Crippen LogP contribution in [0.2, 0.25) is 0 Å². The molecule has 4 atom stereocenters. The topological polar surface area (TPSA) is 63.2 Å². The fourth-order valence-corrected chi connectivity index (χ4v) is 13.9. The lowest BCUT2D eigenvalue weighted by Gasteiger charge is -2.36. The van der Waals surface area contributed by atoms with E-state index in [1.54, 1.807) is 0 Å². The Bertz CT molecular complexity index is 1290. The molecule has 0 unspecified atom stereocenters. The van der Waals surface area contributed by atoms with Gasteiger partial charge in [0.1, 0.15) is 24.4 Å². The van der Waals surface area contributed by atoms with Crippen LogP contribution in [0.15, 0.2) is 0 Å². The number of hydrogen-bond donors (Lipinski definition) is 0. The number of rotatable bonds is 85. The number of ether oxygens (including phenoxy) is 5. The molecule has 0 N–H and O–H groups in total. The van der Waals surface area contributed by atoms with Gasteiger partial charge in [-0.3, -0.25) is 0 Å². The maximum absolute atomic E-state index is 13.5. The van der Waals surface area contributed by atoms with Crippen molar-refractivity contribution >= 4 is 6.29 Å². The molecule has 0 aromatic rings. The van der Waals surface area contributed by atoms with Gasteiger partial charge in [-0.2, -0.15) is 0 Å². The van der Waals surface area contributed by atoms with Gasteiger partial charge in [-0.1, -0.05) is 452 Å². The van der Waals surface area contributed by atoms with Gasteiger partial charge in [0.15, 0.2) is 6.29 Å². The normalized spacial score (nSPS) is 13.2. The van der Waals surface area contributed by atoms with Crippen molar-refractivity contribution in [2.75, 3.05) is 39.6 Å². The molecule has 6 heteroatoms. The van der Waals surface area contributed by atoms with E-state index < -0.39 is 18.3 Å². The molecule has 0 bridgehead atoms. The summed E-state index contributed by atoms with van der Waals surface area (Å²) in [6.07, 6.45) is 92.5. The van der Waals surface area contributed by atoms with Crippen LogP contribution in [0, 0.1) is 0 Å². The van der Waals surface area contributed by atoms with Crippen molar-refractivity contribution in [3.05, 3.63) is 0 Å². The van der Waals surface area contributed by atoms with E-state index in [0.29, 0.717) is 33.0 Å². The van der Waals surface area contributed by atoms with E-state index in [4.69, 9.17) is 23.7 Å². The molecule has 0 amide bonds. The predicted octanol–water partition coefficient (Wildman–Crippen LogP) is 29.1. The van der Waals surface area contributed by atoms with E-state index in [1.807, 2.05) is 0 Å². The van der Waals surface area contributed by atoms with Gasteiger partial charge in [0, 0.05) is 33.0 Å². The minimum Gasteiger partial charge on any atom is -0.379 e. The first-order valence-corrected chi connectivity index (χ1v) is 43.2. The molecule has 0 saturated heterocycles. The summed E-state index contributed by atoms with van der Waals surface area (Å²) in [6, 6.07) is 0. The molecule has 0 aliphatic carbocycles. The number of aldehydes is 1. The van der Waals surface area contributed by atoms with Gasteiger partial charge in [0.25, 0.3) is 0 Å². The Hall–Kier alpha value is -0.530. The summed E-state index contributed by atoms with van der Waals surface area (Å²) in [5.74, 6) is 0. The second kappa shape index (κ2) is 82.9. The van der Waals surface area contributed by atoms with E-state index in [1.165, 1.54) is 405 Å². The molecule has 0 aromatic carbocycles. The number of carbonyl (C=O) groups excluding carboxylic acids is 1. The molecule has 0 rings (SSSR count). The van der Waals surface area contributed by atoms with Gasteiger partial charge in [0.2, 0.25) is 0 Å². The highest BCUT2D eigenvalue weighted by atomic mass is 16.6. The van der Waals surface area contributed by atoms with Crippen molar-refractivity contribution in [2.24, 2.45) is 0 Å². The van der Waals surface area contributed by atoms with Crippen LogP contribution in [0.25, 0.3) is 0 Å². The highest BCUT2D eigenvalue weighted by molar-refractivity contribution is 5.57. The second-order valence-electron chi connectivity index (χ2n) is 29.6. The fraction of sp³-hybridized carbons (Fsp3) is 0.988. The minimum absolute atomic E-state index is 0.330. The largest absolute Gasteiger partial charge is 0.379 e. The average Bonchev–Trinajstić information content (AvgIpc) is 1.54. The Morgan fingerprint density at radius 3 is 0.587 bits per heavy atom. The van der Waals surface area contributed by atoms with Crippen LogP contribution in [-0.2, 0) is 28.5 Å². The van der Waals surface area contributed by atoms with E-state index in [2.05, 4.69) is 34.6 Å². The van der Waals surface area contributed by atoms with Crippen LogP contribution in [-0.4, -0.2) is 70.3 Å². The molecule has 6 nitrogen and oxygen atoms in total. The Balaban J connectivity index is 6.08. The Labute approximate surface area is 579 Å². The van der Waals surface area contributed by atoms with Gasteiger partial charge in [-0.05, 0) is 32.1 Å². The monoisotopic (exact) mass is 1300 g/mol. The molecule has 0 spiro atoms. The summed E-state index contributed by atoms with van der Waals surface area (Å²) in [6.45, 7) is 15.3. The summed E-state index contributed by atoms with van der Waals surface area (Å²) in [5, 5.41) is 0. The molecular formula is C86H172O6. The van der Waals surface area contributed by atoms with Crippen molar-refractivity contribution in [3.63, 3.8) is 0 Å². The quantitative estimate of drug-likeness (QED) is 0.0447. The van der Waals surface area contributed by atoms with Crippen LogP contribution in [0.1, 0.15) is 484 Å². The molecular weight excluding hydrogens is 1130 g/mol. The summed E-state index contributed by atoms with van der Waals surface area (Å²) in [7, 11) is 0. The Morgan fingerprint density at radius 2 is 0.370 bits per heavy atom. The smallest absolute Gasteiger partial charge is 0.151 e. The standard InChI is InChI=1S/C86H172O6/c1-6-11-16-21-26-31-36-41-46-51-56-61-66-71-76-88-82-84(90-78-73-68-63-58-53-48-43-38-33-28-23-18-13-8-3)86(92-80-75-70-65-60-55-50-45-40-35-30-25-20-15-10-5)85(91-79-74-69-64-59-54-49-44-39-34-29-24-19-14-9-4)83(81-87)89-77-72-67-62-57-52-47-42-37-32-27-22-17-12-7-2/h81,83-86H,6-80,82H2,1-5H3/t83-,84+,85+,86+/m0/s1. The molecule has 0 aliphatic rings. The third-order valence-corrected chi connectivity index (χ3v) is 20.3. The molecule has 0 aliphatic heterocycles. The van der Waals surface area contributed by atoms with Crippen LogP contribution >= 0.6 is 0 Å².